The first-order valence-electron chi connectivity index (χ1n) is 7.88. The summed E-state index contributed by atoms with van der Waals surface area (Å²) in [7, 11) is 0. The molecule has 0 heterocycles. The Labute approximate surface area is 160 Å². The van der Waals surface area contributed by atoms with Crippen LogP contribution in [0.2, 0.25) is 0 Å². The number of carbonyl (C=O) groups is 4. The molecule has 0 radical (unpaired) electrons. The van der Waals surface area contributed by atoms with Crippen molar-refractivity contribution in [1.82, 2.24) is 0 Å². The van der Waals surface area contributed by atoms with Crippen LogP contribution in [0.5, 0.6) is 0 Å². The molecule has 8 nitrogen and oxygen atoms in total. The van der Waals surface area contributed by atoms with Gasteiger partial charge in [-0.15, -0.1) is 0 Å². The molecule has 0 rings (SSSR count). The van der Waals surface area contributed by atoms with Gasteiger partial charge in [-0.1, -0.05) is 53.4 Å². The average Bonchev–Trinajstić information content (AvgIpc) is 2.39. The van der Waals surface area contributed by atoms with E-state index in [0.717, 1.165) is 0 Å². The van der Waals surface area contributed by atoms with Crippen molar-refractivity contribution >= 4 is 23.9 Å². The van der Waals surface area contributed by atoms with Gasteiger partial charge in [0.15, 0.2) is 0 Å². The second-order valence-corrected chi connectivity index (χ2v) is 4.49. The summed E-state index contributed by atoms with van der Waals surface area (Å²) in [5.74, 6) is -3.84. The fraction of sp³-hybridized carbons (Fsp3) is 0.750. The molecule has 0 aliphatic carbocycles. The summed E-state index contributed by atoms with van der Waals surface area (Å²) in [5, 5.41) is 38.0. The Morgan fingerprint density at radius 3 is 0.600 bits per heavy atom. The third-order valence-electron chi connectivity index (χ3n) is 1.82. The molecule has 0 bridgehead atoms. The second-order valence-electron chi connectivity index (χ2n) is 4.49. The quantitative estimate of drug-likeness (QED) is 0.458. The Morgan fingerprint density at radius 2 is 0.600 bits per heavy atom. The van der Waals surface area contributed by atoms with Crippen LogP contribution in [0.3, 0.4) is 0 Å². The molecule has 9 heteroatoms. The molecule has 0 saturated carbocycles. The van der Waals surface area contributed by atoms with Gasteiger partial charge >= 0.3 is 17.4 Å². The van der Waals surface area contributed by atoms with Gasteiger partial charge in [-0.2, -0.15) is 0 Å². The molecule has 0 aromatic rings. The fourth-order valence-electron chi connectivity index (χ4n) is 0.816. The Kier molecular flexibility index (Phi) is 42.1. The standard InChI is InChI=1S/4C4H8O2.Cr/c4*1-2-3-4(5)6;/h4*2-3H2,1H3,(H,5,6);/q;;;;+4/p-4. The van der Waals surface area contributed by atoms with Crippen LogP contribution in [0.25, 0.3) is 0 Å². The molecule has 146 valence electrons. The third-order valence-corrected chi connectivity index (χ3v) is 1.82. The van der Waals surface area contributed by atoms with Gasteiger partial charge in [-0.3, -0.25) is 0 Å². The minimum Gasteiger partial charge on any atom is -0.550 e. The first kappa shape index (κ1) is 34.7. The molecule has 0 unspecified atom stereocenters. The van der Waals surface area contributed by atoms with Crippen LogP contribution in [-0.2, 0) is 36.5 Å². The molecule has 0 atom stereocenters. The van der Waals surface area contributed by atoms with Crippen LogP contribution in [-0.4, -0.2) is 23.9 Å². The van der Waals surface area contributed by atoms with Crippen molar-refractivity contribution in [3.05, 3.63) is 0 Å². The van der Waals surface area contributed by atoms with E-state index in [2.05, 4.69) is 0 Å². The predicted molar refractivity (Wildman–Crippen MR) is 79.7 cm³/mol. The number of aliphatic carboxylic acids is 4. The largest absolute Gasteiger partial charge is 4.00 e. The fourth-order valence-corrected chi connectivity index (χ4v) is 0.816. The Hall–Kier alpha value is -1.59. The van der Waals surface area contributed by atoms with Crippen molar-refractivity contribution in [2.24, 2.45) is 0 Å². The average molecular weight is 400 g/mol. The molecule has 0 aliphatic rings. The summed E-state index contributed by atoms with van der Waals surface area (Å²) in [6, 6.07) is 0. The van der Waals surface area contributed by atoms with Gasteiger partial charge in [0.1, 0.15) is 0 Å². The van der Waals surface area contributed by atoms with E-state index in [1.54, 1.807) is 27.7 Å². The molecule has 0 aromatic heterocycles. The molecule has 0 spiro atoms. The van der Waals surface area contributed by atoms with E-state index in [9.17, 15) is 39.6 Å². The summed E-state index contributed by atoms with van der Waals surface area (Å²) >= 11 is 0. The van der Waals surface area contributed by atoms with Crippen molar-refractivity contribution in [2.75, 3.05) is 0 Å². The molecular formula is C16H28CrO8. The first-order valence-corrected chi connectivity index (χ1v) is 7.88. The van der Waals surface area contributed by atoms with Gasteiger partial charge in [-0.25, -0.2) is 0 Å². The third kappa shape index (κ3) is 86.1. The first-order chi connectivity index (χ1) is 11.1. The number of hydrogen-bond donors (Lipinski definition) is 0. The molecular weight excluding hydrogens is 372 g/mol. The predicted octanol–water partition coefficient (Wildman–Crippen LogP) is -1.86. The van der Waals surface area contributed by atoms with Gasteiger partial charge in [0.25, 0.3) is 0 Å². The monoisotopic (exact) mass is 400 g/mol. The minimum atomic E-state index is -0.961. The Morgan fingerprint density at radius 1 is 0.480 bits per heavy atom. The maximum atomic E-state index is 9.49. The molecule has 0 aromatic carbocycles. The number of hydrogen-bond acceptors (Lipinski definition) is 8. The van der Waals surface area contributed by atoms with E-state index in [1.807, 2.05) is 0 Å². The van der Waals surface area contributed by atoms with Crippen molar-refractivity contribution in [2.45, 2.75) is 79.1 Å². The maximum Gasteiger partial charge on any atom is 4.00 e. The van der Waals surface area contributed by atoms with Crippen LogP contribution in [0, 0.1) is 0 Å². The SMILES string of the molecule is CCCC(=O)[O-].CCCC(=O)[O-].CCCC(=O)[O-].CCCC(=O)[O-].[Cr+4]. The summed E-state index contributed by atoms with van der Waals surface area (Å²) in [6.45, 7) is 7.21. The zero-order valence-corrected chi connectivity index (χ0v) is 16.6. The van der Waals surface area contributed by atoms with Gasteiger partial charge in [0.05, 0.1) is 0 Å². The van der Waals surface area contributed by atoms with Crippen molar-refractivity contribution in [3.63, 3.8) is 0 Å². The smallest absolute Gasteiger partial charge is 0.550 e. The van der Waals surface area contributed by atoms with Gasteiger partial charge in [0.2, 0.25) is 0 Å². The number of rotatable bonds is 8. The summed E-state index contributed by atoms with van der Waals surface area (Å²) < 4.78 is 0. The molecule has 0 fully saturated rings. The van der Waals surface area contributed by atoms with Crippen molar-refractivity contribution in [1.29, 1.82) is 0 Å². The molecule has 0 saturated heterocycles. The van der Waals surface area contributed by atoms with Gasteiger partial charge < -0.3 is 39.6 Å². The maximum absolute atomic E-state index is 9.49. The van der Waals surface area contributed by atoms with Gasteiger partial charge in [0, 0.05) is 23.9 Å². The van der Waals surface area contributed by atoms with E-state index in [0.29, 0.717) is 25.7 Å². The molecule has 0 N–H and O–H groups in total. The Bertz CT molecular complexity index is 268. The summed E-state index contributed by atoms with van der Waals surface area (Å²) in [5.41, 5.74) is 0. The van der Waals surface area contributed by atoms with Crippen molar-refractivity contribution in [3.8, 4) is 0 Å². The normalized spacial score (nSPS) is 7.84. The van der Waals surface area contributed by atoms with E-state index in [-0.39, 0.29) is 43.0 Å². The van der Waals surface area contributed by atoms with E-state index >= 15 is 0 Å². The topological polar surface area (TPSA) is 161 Å². The molecule has 25 heavy (non-hydrogen) atoms. The molecule has 0 amide bonds. The minimum absolute atomic E-state index is 0. The number of carboxylic acid groups (broad SMARTS) is 4. The van der Waals surface area contributed by atoms with E-state index in [4.69, 9.17) is 0 Å². The zero-order valence-electron chi connectivity index (χ0n) is 15.3. The van der Waals surface area contributed by atoms with E-state index in [1.165, 1.54) is 0 Å². The number of carbonyl (C=O) groups excluding carboxylic acids is 4. The zero-order chi connectivity index (χ0) is 20.0. The van der Waals surface area contributed by atoms with Crippen molar-refractivity contribution < 1.29 is 57.0 Å². The number of carboxylic acids is 4. The van der Waals surface area contributed by atoms with Crippen LogP contribution >= 0.6 is 0 Å². The molecule has 0 aliphatic heterocycles. The van der Waals surface area contributed by atoms with E-state index < -0.39 is 23.9 Å². The summed E-state index contributed by atoms with van der Waals surface area (Å²) in [6.07, 6.45) is 3.40. The van der Waals surface area contributed by atoms with Crippen LogP contribution in [0.15, 0.2) is 0 Å². The summed E-state index contributed by atoms with van der Waals surface area (Å²) in [4.78, 5) is 38.0. The van der Waals surface area contributed by atoms with Crippen LogP contribution in [0.4, 0.5) is 0 Å². The second kappa shape index (κ2) is 30.3. The van der Waals surface area contributed by atoms with Crippen LogP contribution < -0.4 is 20.4 Å². The van der Waals surface area contributed by atoms with Gasteiger partial charge in [-0.05, 0) is 25.7 Å². The van der Waals surface area contributed by atoms with Crippen LogP contribution in [0.1, 0.15) is 79.1 Å². The Balaban J connectivity index is -0.0000000702.